The van der Waals surface area contributed by atoms with Crippen LogP contribution in [0.2, 0.25) is 0 Å². The second kappa shape index (κ2) is 9.80. The van der Waals surface area contributed by atoms with Crippen molar-refractivity contribution in [3.8, 4) is 5.75 Å². The molecule has 0 atom stereocenters. The Kier molecular flexibility index (Phi) is 7.18. The number of nitrogens with zero attached hydrogens (tertiary/aromatic N) is 2. The third kappa shape index (κ3) is 4.59. The summed E-state index contributed by atoms with van der Waals surface area (Å²) in [6.07, 6.45) is 1.99. The Bertz CT molecular complexity index is 748. The van der Waals surface area contributed by atoms with Crippen LogP contribution < -0.4 is 15.0 Å². The monoisotopic (exact) mass is 383 g/mol. The van der Waals surface area contributed by atoms with Gasteiger partial charge in [0.05, 0.1) is 19.4 Å². The molecule has 0 amide bonds. The second-order valence-electron chi connectivity index (χ2n) is 7.22. The van der Waals surface area contributed by atoms with Crippen molar-refractivity contribution in [2.45, 2.75) is 26.7 Å². The summed E-state index contributed by atoms with van der Waals surface area (Å²) in [6, 6.07) is 12.9. The van der Waals surface area contributed by atoms with E-state index in [1.165, 1.54) is 22.5 Å². The minimum absolute atomic E-state index is 0.229. The van der Waals surface area contributed by atoms with Crippen LogP contribution in [0.4, 0.5) is 17.1 Å². The van der Waals surface area contributed by atoms with E-state index in [4.69, 9.17) is 9.84 Å². The number of aryl methyl sites for hydroxylation is 2. The van der Waals surface area contributed by atoms with Gasteiger partial charge in [-0.25, -0.2) is 0 Å². The Labute approximate surface area is 168 Å². The molecule has 0 unspecified atom stereocenters. The number of benzene rings is 2. The van der Waals surface area contributed by atoms with Crippen LogP contribution in [-0.2, 0) is 12.8 Å². The van der Waals surface area contributed by atoms with Gasteiger partial charge in [-0.2, -0.15) is 0 Å². The number of methoxy groups -OCH3 is 1. The van der Waals surface area contributed by atoms with Gasteiger partial charge in [0.1, 0.15) is 5.75 Å². The van der Waals surface area contributed by atoms with Gasteiger partial charge < -0.3 is 20.1 Å². The molecule has 2 aromatic rings. The largest absolute Gasteiger partial charge is 0.494 e. The van der Waals surface area contributed by atoms with Gasteiger partial charge in [0, 0.05) is 50.2 Å². The van der Waals surface area contributed by atoms with Crippen LogP contribution >= 0.6 is 0 Å². The quantitative estimate of drug-likeness (QED) is 0.728. The van der Waals surface area contributed by atoms with Gasteiger partial charge in [-0.05, 0) is 36.1 Å². The molecule has 0 spiro atoms. The number of β-amino-alcohol motifs (C(OH)–C–C–N with tert-alkyl or cyclic N) is 1. The number of hydrogen-bond donors (Lipinski definition) is 2. The summed E-state index contributed by atoms with van der Waals surface area (Å²) in [7, 11) is 1.73. The van der Waals surface area contributed by atoms with Crippen molar-refractivity contribution < 1.29 is 9.84 Å². The summed E-state index contributed by atoms with van der Waals surface area (Å²) < 4.78 is 5.72. The second-order valence-corrected chi connectivity index (χ2v) is 7.22. The van der Waals surface area contributed by atoms with E-state index in [1.807, 2.05) is 0 Å². The number of piperazine rings is 1. The standard InChI is InChI=1S/C23H33N3O2/c1-4-18-7-6-8-19(5-2)23(18)24-21-10-9-20(17-22(21)28-3)26-13-11-25(12-14-26)15-16-27/h6-10,17,24,27H,4-5,11-16H2,1-3H3. The summed E-state index contributed by atoms with van der Waals surface area (Å²) in [5.74, 6) is 0.864. The highest BCUT2D eigenvalue weighted by Crippen LogP contribution is 2.35. The van der Waals surface area contributed by atoms with E-state index in [0.717, 1.165) is 57.0 Å². The van der Waals surface area contributed by atoms with Crippen molar-refractivity contribution >= 4 is 17.1 Å². The van der Waals surface area contributed by atoms with Crippen LogP contribution in [0.3, 0.4) is 0 Å². The lowest BCUT2D eigenvalue weighted by atomic mass is 10.0. The molecule has 0 saturated carbocycles. The van der Waals surface area contributed by atoms with Gasteiger partial charge in [-0.15, -0.1) is 0 Å². The molecular formula is C23H33N3O2. The fraction of sp³-hybridized carbons (Fsp3) is 0.478. The lowest BCUT2D eigenvalue weighted by Crippen LogP contribution is -2.47. The maximum absolute atomic E-state index is 9.12. The van der Waals surface area contributed by atoms with Gasteiger partial charge in [0.2, 0.25) is 0 Å². The van der Waals surface area contributed by atoms with E-state index >= 15 is 0 Å². The molecule has 0 radical (unpaired) electrons. The van der Waals surface area contributed by atoms with E-state index in [9.17, 15) is 0 Å². The molecule has 5 nitrogen and oxygen atoms in total. The van der Waals surface area contributed by atoms with Crippen LogP contribution in [0.15, 0.2) is 36.4 Å². The summed E-state index contributed by atoms with van der Waals surface area (Å²) in [5.41, 5.74) is 6.04. The Morgan fingerprint density at radius 1 is 1.00 bits per heavy atom. The predicted molar refractivity (Wildman–Crippen MR) is 117 cm³/mol. The third-order valence-corrected chi connectivity index (χ3v) is 5.60. The molecule has 1 saturated heterocycles. The fourth-order valence-corrected chi connectivity index (χ4v) is 3.89. The number of ether oxygens (including phenoxy) is 1. The van der Waals surface area contributed by atoms with Crippen molar-refractivity contribution in [2.75, 3.05) is 56.7 Å². The fourth-order valence-electron chi connectivity index (χ4n) is 3.89. The zero-order valence-corrected chi connectivity index (χ0v) is 17.4. The zero-order valence-electron chi connectivity index (χ0n) is 17.4. The summed E-state index contributed by atoms with van der Waals surface area (Å²) in [5, 5.41) is 12.8. The van der Waals surface area contributed by atoms with E-state index in [1.54, 1.807) is 7.11 Å². The Morgan fingerprint density at radius 2 is 1.68 bits per heavy atom. The summed E-state index contributed by atoms with van der Waals surface area (Å²) >= 11 is 0. The first-order valence-corrected chi connectivity index (χ1v) is 10.3. The van der Waals surface area contributed by atoms with Crippen molar-refractivity contribution in [1.82, 2.24) is 4.90 Å². The number of aliphatic hydroxyl groups is 1. The first-order valence-electron chi connectivity index (χ1n) is 10.3. The minimum Gasteiger partial charge on any atom is -0.494 e. The van der Waals surface area contributed by atoms with E-state index in [0.29, 0.717) is 0 Å². The van der Waals surface area contributed by atoms with E-state index in [2.05, 4.69) is 65.4 Å². The average molecular weight is 384 g/mol. The molecule has 1 aliphatic heterocycles. The molecule has 1 aliphatic rings. The Morgan fingerprint density at radius 3 is 2.25 bits per heavy atom. The minimum atomic E-state index is 0.229. The van der Waals surface area contributed by atoms with Crippen LogP contribution in [0.5, 0.6) is 5.75 Å². The highest BCUT2D eigenvalue weighted by Gasteiger charge is 2.18. The highest BCUT2D eigenvalue weighted by atomic mass is 16.5. The highest BCUT2D eigenvalue weighted by molar-refractivity contribution is 5.74. The van der Waals surface area contributed by atoms with Gasteiger partial charge in [-0.1, -0.05) is 32.0 Å². The van der Waals surface area contributed by atoms with Gasteiger partial charge in [0.25, 0.3) is 0 Å². The maximum atomic E-state index is 9.12. The lowest BCUT2D eigenvalue weighted by molar-refractivity contribution is 0.189. The number of anilines is 3. The summed E-state index contributed by atoms with van der Waals surface area (Å²) in [6.45, 7) is 9.26. The van der Waals surface area contributed by atoms with E-state index < -0.39 is 0 Å². The molecule has 0 bridgehead atoms. The molecule has 1 heterocycles. The third-order valence-electron chi connectivity index (χ3n) is 5.60. The zero-order chi connectivity index (χ0) is 19.9. The molecule has 152 valence electrons. The van der Waals surface area contributed by atoms with Crippen molar-refractivity contribution in [3.05, 3.63) is 47.5 Å². The number of rotatable bonds is 8. The van der Waals surface area contributed by atoms with Crippen LogP contribution in [0.25, 0.3) is 0 Å². The van der Waals surface area contributed by atoms with Crippen molar-refractivity contribution in [2.24, 2.45) is 0 Å². The number of nitrogens with one attached hydrogen (secondary N) is 1. The van der Waals surface area contributed by atoms with Crippen molar-refractivity contribution in [1.29, 1.82) is 0 Å². The first-order chi connectivity index (χ1) is 13.7. The normalized spacial score (nSPS) is 14.9. The molecule has 28 heavy (non-hydrogen) atoms. The summed E-state index contributed by atoms with van der Waals surface area (Å²) in [4.78, 5) is 4.69. The maximum Gasteiger partial charge on any atom is 0.144 e. The van der Waals surface area contributed by atoms with Crippen molar-refractivity contribution in [3.63, 3.8) is 0 Å². The first kappa shape index (κ1) is 20.5. The van der Waals surface area contributed by atoms with E-state index in [-0.39, 0.29) is 6.61 Å². The van der Waals surface area contributed by atoms with Crippen LogP contribution in [-0.4, -0.2) is 56.4 Å². The molecule has 3 rings (SSSR count). The lowest BCUT2D eigenvalue weighted by Gasteiger charge is -2.36. The van der Waals surface area contributed by atoms with Gasteiger partial charge in [0.15, 0.2) is 0 Å². The number of aliphatic hydroxyl groups excluding tert-OH is 1. The topological polar surface area (TPSA) is 48.0 Å². The molecule has 0 aromatic heterocycles. The predicted octanol–water partition coefficient (Wildman–Crippen LogP) is 3.68. The number of hydrogen-bond acceptors (Lipinski definition) is 5. The molecule has 1 fully saturated rings. The molecule has 5 heteroatoms. The molecular weight excluding hydrogens is 350 g/mol. The van der Waals surface area contributed by atoms with Gasteiger partial charge in [-0.3, -0.25) is 4.90 Å². The van der Waals surface area contributed by atoms with Crippen LogP contribution in [0.1, 0.15) is 25.0 Å². The number of para-hydroxylation sites is 1. The van der Waals surface area contributed by atoms with Crippen LogP contribution in [0, 0.1) is 0 Å². The molecule has 0 aliphatic carbocycles. The Hall–Kier alpha value is -2.24. The molecule has 2 N–H and O–H groups in total. The Balaban J connectivity index is 1.80. The molecule has 2 aromatic carbocycles. The smallest absolute Gasteiger partial charge is 0.144 e. The SMILES string of the molecule is CCc1cccc(CC)c1Nc1ccc(N2CCN(CCO)CC2)cc1OC. The van der Waals surface area contributed by atoms with Gasteiger partial charge >= 0.3 is 0 Å². The average Bonchev–Trinajstić information content (AvgIpc) is 2.75.